The lowest BCUT2D eigenvalue weighted by atomic mass is 9.91. The largest absolute Gasteiger partial charge is 0.316 e. The number of benzene rings is 1. The minimum atomic E-state index is -0.0419. The molecule has 0 fully saturated rings. The Morgan fingerprint density at radius 3 is 2.83 bits per heavy atom. The maximum atomic E-state index is 6.21. The van der Waals surface area contributed by atoms with Crippen LogP contribution in [0.25, 0.3) is 5.57 Å². The fourth-order valence-corrected chi connectivity index (χ4v) is 2.89. The number of hydrogen-bond acceptors (Lipinski definition) is 2. The Morgan fingerprint density at radius 1 is 1.26 bits per heavy atom. The summed E-state index contributed by atoms with van der Waals surface area (Å²) in [6.45, 7) is 4.20. The molecule has 122 valence electrons. The van der Waals surface area contributed by atoms with E-state index in [1.54, 1.807) is 0 Å². The molecular formula is C21H28N2. The van der Waals surface area contributed by atoms with Gasteiger partial charge in [0.2, 0.25) is 0 Å². The Labute approximate surface area is 140 Å². The zero-order valence-corrected chi connectivity index (χ0v) is 14.2. The van der Waals surface area contributed by atoms with E-state index in [4.69, 9.17) is 5.73 Å². The van der Waals surface area contributed by atoms with Crippen LogP contribution in [0.3, 0.4) is 0 Å². The third kappa shape index (κ3) is 5.34. The fourth-order valence-electron chi connectivity index (χ4n) is 2.89. The van der Waals surface area contributed by atoms with Gasteiger partial charge in [-0.25, -0.2) is 0 Å². The molecule has 0 amide bonds. The Morgan fingerprint density at radius 2 is 2.09 bits per heavy atom. The summed E-state index contributed by atoms with van der Waals surface area (Å²) in [6.07, 6.45) is 17.8. The summed E-state index contributed by atoms with van der Waals surface area (Å²) >= 11 is 0. The zero-order valence-electron chi connectivity index (χ0n) is 14.2. The first kappa shape index (κ1) is 17.5. The smallest absolute Gasteiger partial charge is 0.0586 e. The summed E-state index contributed by atoms with van der Waals surface area (Å²) in [5.41, 5.74) is 10.3. The number of rotatable bonds is 7. The van der Waals surface area contributed by atoms with Crippen LogP contribution >= 0.6 is 0 Å². The van der Waals surface area contributed by atoms with Crippen LogP contribution in [0.4, 0.5) is 0 Å². The molecule has 0 heterocycles. The van der Waals surface area contributed by atoms with E-state index in [0.29, 0.717) is 0 Å². The molecule has 1 aliphatic carbocycles. The molecule has 3 N–H and O–H groups in total. The van der Waals surface area contributed by atoms with Gasteiger partial charge in [0.25, 0.3) is 0 Å². The predicted octanol–water partition coefficient (Wildman–Crippen LogP) is 4.88. The van der Waals surface area contributed by atoms with E-state index in [1.165, 1.54) is 16.7 Å². The summed E-state index contributed by atoms with van der Waals surface area (Å²) in [6, 6.07) is 8.87. The third-order valence-electron chi connectivity index (χ3n) is 4.08. The van der Waals surface area contributed by atoms with Crippen molar-refractivity contribution in [1.29, 1.82) is 0 Å². The monoisotopic (exact) mass is 308 g/mol. The average Bonchev–Trinajstić information content (AvgIpc) is 2.59. The fraction of sp³-hybridized carbons (Fsp3) is 0.333. The van der Waals surface area contributed by atoms with Crippen molar-refractivity contribution in [1.82, 2.24) is 5.32 Å². The lowest BCUT2D eigenvalue weighted by Gasteiger charge is -2.23. The van der Waals surface area contributed by atoms with Gasteiger partial charge in [-0.1, -0.05) is 66.8 Å². The quantitative estimate of drug-likeness (QED) is 0.556. The highest BCUT2D eigenvalue weighted by Crippen LogP contribution is 2.29. The van der Waals surface area contributed by atoms with Gasteiger partial charge in [-0.15, -0.1) is 0 Å². The van der Waals surface area contributed by atoms with Gasteiger partial charge in [0.15, 0.2) is 0 Å². The molecule has 1 aromatic rings. The standard InChI is InChI=1S/C21H28N2/c1-3-4-5-9-16-21(22)23-17(2)19-14-10-11-15-20(19)18-12-7-6-8-13-18/h3-7,9-12,14-15,17,21,23H,8,13,16,22H2,1-2H3/b4-3-,9-5-. The van der Waals surface area contributed by atoms with Gasteiger partial charge < -0.3 is 5.73 Å². The minimum absolute atomic E-state index is 0.0419. The molecule has 0 radical (unpaired) electrons. The maximum Gasteiger partial charge on any atom is 0.0586 e. The van der Waals surface area contributed by atoms with Crippen molar-refractivity contribution < 1.29 is 0 Å². The number of allylic oxidation sites excluding steroid dienone is 7. The highest BCUT2D eigenvalue weighted by atomic mass is 15.0. The Balaban J connectivity index is 2.06. The van der Waals surface area contributed by atoms with Crippen molar-refractivity contribution in [3.8, 4) is 0 Å². The molecule has 2 unspecified atom stereocenters. The molecule has 2 atom stereocenters. The topological polar surface area (TPSA) is 38.0 Å². The molecular weight excluding hydrogens is 280 g/mol. The van der Waals surface area contributed by atoms with Crippen molar-refractivity contribution in [2.24, 2.45) is 5.73 Å². The second-order valence-corrected chi connectivity index (χ2v) is 5.93. The zero-order chi connectivity index (χ0) is 16.5. The van der Waals surface area contributed by atoms with Crippen LogP contribution in [0.5, 0.6) is 0 Å². The number of nitrogens with two attached hydrogens (primary N) is 1. The molecule has 0 saturated heterocycles. The molecule has 1 aromatic carbocycles. The highest BCUT2D eigenvalue weighted by molar-refractivity contribution is 5.71. The van der Waals surface area contributed by atoms with Crippen LogP contribution < -0.4 is 11.1 Å². The molecule has 0 bridgehead atoms. The van der Waals surface area contributed by atoms with Crippen LogP contribution in [-0.2, 0) is 0 Å². The first-order valence-electron chi connectivity index (χ1n) is 8.47. The van der Waals surface area contributed by atoms with Crippen molar-refractivity contribution in [3.05, 3.63) is 77.9 Å². The average molecular weight is 308 g/mol. The first-order chi connectivity index (χ1) is 11.2. The number of nitrogens with one attached hydrogen (secondary N) is 1. The Hall–Kier alpha value is -1.90. The van der Waals surface area contributed by atoms with Gasteiger partial charge in [0.05, 0.1) is 6.17 Å². The second kappa shape index (κ2) is 9.29. The molecule has 0 spiro atoms. The number of hydrogen-bond donors (Lipinski definition) is 2. The molecule has 23 heavy (non-hydrogen) atoms. The molecule has 2 nitrogen and oxygen atoms in total. The summed E-state index contributed by atoms with van der Waals surface area (Å²) < 4.78 is 0. The highest BCUT2D eigenvalue weighted by Gasteiger charge is 2.15. The lowest BCUT2D eigenvalue weighted by Crippen LogP contribution is -2.38. The SMILES string of the molecule is C/C=C\C=C/CC(N)NC(C)c1ccccc1C1=CC=CCC1. The first-order valence-corrected chi connectivity index (χ1v) is 8.47. The van der Waals surface area contributed by atoms with Gasteiger partial charge in [-0.3, -0.25) is 5.32 Å². The van der Waals surface area contributed by atoms with E-state index in [9.17, 15) is 0 Å². The van der Waals surface area contributed by atoms with Gasteiger partial charge in [-0.05, 0) is 49.8 Å². The maximum absolute atomic E-state index is 6.21. The normalized spacial score (nSPS) is 17.6. The third-order valence-corrected chi connectivity index (χ3v) is 4.08. The second-order valence-electron chi connectivity index (χ2n) is 5.93. The molecule has 0 aromatic heterocycles. The van der Waals surface area contributed by atoms with Gasteiger partial charge in [0.1, 0.15) is 0 Å². The van der Waals surface area contributed by atoms with E-state index < -0.39 is 0 Å². The molecule has 1 aliphatic rings. The van der Waals surface area contributed by atoms with Crippen LogP contribution in [0.2, 0.25) is 0 Å². The van der Waals surface area contributed by atoms with Crippen molar-refractivity contribution in [2.75, 3.05) is 0 Å². The Kier molecular flexibility index (Phi) is 7.05. The van der Waals surface area contributed by atoms with E-state index in [-0.39, 0.29) is 12.2 Å². The lowest BCUT2D eigenvalue weighted by molar-refractivity contribution is 0.466. The minimum Gasteiger partial charge on any atom is -0.316 e. The molecule has 0 aliphatic heterocycles. The molecule has 0 saturated carbocycles. The summed E-state index contributed by atoms with van der Waals surface area (Å²) in [4.78, 5) is 0. The predicted molar refractivity (Wildman–Crippen MR) is 101 cm³/mol. The van der Waals surface area contributed by atoms with Gasteiger partial charge >= 0.3 is 0 Å². The van der Waals surface area contributed by atoms with Crippen LogP contribution in [0.15, 0.2) is 66.8 Å². The summed E-state index contributed by atoms with van der Waals surface area (Å²) in [5, 5.41) is 3.51. The summed E-state index contributed by atoms with van der Waals surface area (Å²) in [7, 11) is 0. The van der Waals surface area contributed by atoms with Crippen molar-refractivity contribution in [3.63, 3.8) is 0 Å². The summed E-state index contributed by atoms with van der Waals surface area (Å²) in [5.74, 6) is 0. The van der Waals surface area contributed by atoms with E-state index >= 15 is 0 Å². The molecule has 2 heteroatoms. The molecule has 2 rings (SSSR count). The van der Waals surface area contributed by atoms with Gasteiger partial charge in [-0.2, -0.15) is 0 Å². The van der Waals surface area contributed by atoms with Crippen molar-refractivity contribution in [2.45, 2.75) is 45.3 Å². The van der Waals surface area contributed by atoms with E-state index in [1.807, 2.05) is 25.2 Å². The van der Waals surface area contributed by atoms with Crippen molar-refractivity contribution >= 4 is 5.57 Å². The Bertz CT molecular complexity index is 608. The van der Waals surface area contributed by atoms with Crippen LogP contribution in [0.1, 0.15) is 50.3 Å². The van der Waals surface area contributed by atoms with E-state index in [2.05, 4.69) is 60.8 Å². The van der Waals surface area contributed by atoms with Crippen LogP contribution in [0, 0.1) is 0 Å². The van der Waals surface area contributed by atoms with Gasteiger partial charge in [0, 0.05) is 6.04 Å². The van der Waals surface area contributed by atoms with Crippen LogP contribution in [-0.4, -0.2) is 6.17 Å². The van der Waals surface area contributed by atoms with E-state index in [0.717, 1.165) is 19.3 Å².